The average Bonchev–Trinajstić information content (AvgIpc) is 3.43. The zero-order valence-electron chi connectivity index (χ0n) is 16.9. The fourth-order valence-electron chi connectivity index (χ4n) is 3.46. The Morgan fingerprint density at radius 1 is 1.37 bits per heavy atom. The Kier molecular flexibility index (Phi) is 5.98. The highest BCUT2D eigenvalue weighted by molar-refractivity contribution is 6.30. The number of carbonyl (C=O) groups is 1. The summed E-state index contributed by atoms with van der Waals surface area (Å²) in [5.41, 5.74) is 0.559. The van der Waals surface area contributed by atoms with E-state index in [9.17, 15) is 4.79 Å². The van der Waals surface area contributed by atoms with Gasteiger partial charge in [0.2, 0.25) is 0 Å². The van der Waals surface area contributed by atoms with Gasteiger partial charge in [-0.1, -0.05) is 35.0 Å². The molecule has 0 bridgehead atoms. The number of hydrogen-bond acceptors (Lipinski definition) is 7. The Hall–Kier alpha value is -2.94. The number of ether oxygens (including phenoxy) is 1. The third kappa shape index (κ3) is 4.46. The molecule has 0 aliphatic carbocycles. The van der Waals surface area contributed by atoms with Gasteiger partial charge in [-0.15, -0.1) is 5.10 Å². The summed E-state index contributed by atoms with van der Waals surface area (Å²) < 4.78 is 12.8. The van der Waals surface area contributed by atoms with Gasteiger partial charge in [0.25, 0.3) is 11.8 Å². The van der Waals surface area contributed by atoms with Gasteiger partial charge in [-0.2, -0.15) is 4.98 Å². The van der Waals surface area contributed by atoms with E-state index < -0.39 is 6.10 Å². The first kappa shape index (κ1) is 20.3. The maximum absolute atomic E-state index is 12.8. The first-order valence-corrected chi connectivity index (χ1v) is 10.4. The molecule has 0 N–H and O–H groups in total. The number of likely N-dealkylation sites (tertiary alicyclic amines) is 1. The summed E-state index contributed by atoms with van der Waals surface area (Å²) in [6, 6.07) is 7.21. The molecule has 1 atom stereocenters. The minimum absolute atomic E-state index is 0.0364. The molecule has 3 aromatic rings. The molecular weight excluding hydrogens is 408 g/mol. The zero-order chi connectivity index (χ0) is 21.1. The topological polar surface area (TPSA) is 99.2 Å². The number of carbonyl (C=O) groups excluding carboxylic acids is 1. The van der Waals surface area contributed by atoms with Crippen LogP contribution in [-0.2, 0) is 11.2 Å². The minimum Gasteiger partial charge on any atom is -0.481 e. The van der Waals surface area contributed by atoms with Crippen LogP contribution in [0.5, 0.6) is 5.75 Å². The fraction of sp³-hybridized carbons (Fsp3) is 0.450. The van der Waals surface area contributed by atoms with Crippen molar-refractivity contribution in [1.82, 2.24) is 30.0 Å². The molecule has 1 saturated heterocycles. The number of nitrogens with zero attached hydrogens (tertiary/aromatic N) is 6. The van der Waals surface area contributed by atoms with E-state index in [1.807, 2.05) is 22.7 Å². The van der Waals surface area contributed by atoms with Crippen LogP contribution in [0.15, 0.2) is 35.0 Å². The number of halogens is 1. The quantitative estimate of drug-likeness (QED) is 0.592. The monoisotopic (exact) mass is 430 g/mol. The molecule has 4 rings (SSSR count). The molecule has 158 valence electrons. The summed E-state index contributed by atoms with van der Waals surface area (Å²) in [7, 11) is 0. The summed E-state index contributed by atoms with van der Waals surface area (Å²) in [5, 5.41) is 12.8. The van der Waals surface area contributed by atoms with Gasteiger partial charge in [0, 0.05) is 24.5 Å². The third-order valence-corrected chi connectivity index (χ3v) is 5.36. The van der Waals surface area contributed by atoms with Crippen LogP contribution in [-0.4, -0.2) is 55.1 Å². The smallest absolute Gasteiger partial charge is 0.280 e. The summed E-state index contributed by atoms with van der Waals surface area (Å²) in [6.07, 6.45) is 3.50. The Morgan fingerprint density at radius 2 is 2.17 bits per heavy atom. The van der Waals surface area contributed by atoms with Crippen molar-refractivity contribution in [2.24, 2.45) is 0 Å². The fourth-order valence-corrected chi connectivity index (χ4v) is 3.64. The van der Waals surface area contributed by atoms with Crippen LogP contribution in [0.4, 0.5) is 0 Å². The number of piperidine rings is 1. The SMILES string of the molecule is CCc1noc(-c2cn(C3CCN(C(=O)[C@@H](C)Oc4cccc(Cl)c4)CC3)nn2)n1. The maximum atomic E-state index is 12.8. The molecule has 1 fully saturated rings. The molecule has 0 radical (unpaired) electrons. The second-order valence-corrected chi connectivity index (χ2v) is 7.66. The van der Waals surface area contributed by atoms with Crippen molar-refractivity contribution >= 4 is 17.5 Å². The van der Waals surface area contributed by atoms with Gasteiger partial charge >= 0.3 is 0 Å². The Morgan fingerprint density at radius 3 is 2.87 bits per heavy atom. The van der Waals surface area contributed by atoms with Crippen molar-refractivity contribution < 1.29 is 14.1 Å². The van der Waals surface area contributed by atoms with Gasteiger partial charge in [-0.05, 0) is 38.0 Å². The van der Waals surface area contributed by atoms with E-state index in [2.05, 4.69) is 20.5 Å². The first-order valence-electron chi connectivity index (χ1n) is 9.99. The Balaban J connectivity index is 1.33. The van der Waals surface area contributed by atoms with Crippen molar-refractivity contribution in [3.63, 3.8) is 0 Å². The maximum Gasteiger partial charge on any atom is 0.280 e. The van der Waals surface area contributed by atoms with Gasteiger partial charge in [-0.3, -0.25) is 4.79 Å². The lowest BCUT2D eigenvalue weighted by atomic mass is 10.0. The molecule has 1 aliphatic rings. The van der Waals surface area contributed by atoms with Crippen LogP contribution < -0.4 is 4.74 Å². The van der Waals surface area contributed by atoms with Gasteiger partial charge < -0.3 is 14.2 Å². The van der Waals surface area contributed by atoms with Crippen molar-refractivity contribution in [3.05, 3.63) is 41.3 Å². The number of rotatable bonds is 6. The van der Waals surface area contributed by atoms with E-state index in [1.54, 1.807) is 31.2 Å². The van der Waals surface area contributed by atoms with E-state index in [0.717, 1.165) is 12.8 Å². The normalized spacial score (nSPS) is 15.9. The molecular formula is C20H23ClN6O3. The van der Waals surface area contributed by atoms with E-state index in [1.165, 1.54) is 0 Å². The summed E-state index contributed by atoms with van der Waals surface area (Å²) in [5.74, 6) is 1.56. The molecule has 2 aromatic heterocycles. The second kappa shape index (κ2) is 8.83. The lowest BCUT2D eigenvalue weighted by Crippen LogP contribution is -2.45. The predicted octanol–water partition coefficient (Wildman–Crippen LogP) is 3.17. The molecule has 0 saturated carbocycles. The summed E-state index contributed by atoms with van der Waals surface area (Å²) in [6.45, 7) is 4.97. The zero-order valence-corrected chi connectivity index (χ0v) is 17.6. The van der Waals surface area contributed by atoms with Crippen molar-refractivity contribution in [2.45, 2.75) is 45.3 Å². The van der Waals surface area contributed by atoms with Crippen molar-refractivity contribution in [3.8, 4) is 17.3 Å². The number of aromatic nitrogens is 5. The number of amides is 1. The van der Waals surface area contributed by atoms with E-state index in [4.69, 9.17) is 20.9 Å². The van der Waals surface area contributed by atoms with Crippen LogP contribution in [0.2, 0.25) is 5.02 Å². The molecule has 3 heterocycles. The Bertz CT molecular complexity index is 1010. The van der Waals surface area contributed by atoms with Crippen LogP contribution >= 0.6 is 11.6 Å². The van der Waals surface area contributed by atoms with Crippen LogP contribution in [0.3, 0.4) is 0 Å². The number of hydrogen-bond donors (Lipinski definition) is 0. The van der Waals surface area contributed by atoms with Crippen LogP contribution in [0, 0.1) is 0 Å². The number of aryl methyl sites for hydroxylation is 1. The second-order valence-electron chi connectivity index (χ2n) is 7.23. The summed E-state index contributed by atoms with van der Waals surface area (Å²) in [4.78, 5) is 18.9. The van der Waals surface area contributed by atoms with Crippen molar-refractivity contribution in [1.29, 1.82) is 0 Å². The van der Waals surface area contributed by atoms with Crippen LogP contribution in [0.1, 0.15) is 38.6 Å². The molecule has 1 amide bonds. The first-order chi connectivity index (χ1) is 14.5. The molecule has 30 heavy (non-hydrogen) atoms. The Labute approximate surface area is 179 Å². The lowest BCUT2D eigenvalue weighted by molar-refractivity contribution is -0.139. The molecule has 10 heteroatoms. The largest absolute Gasteiger partial charge is 0.481 e. The highest BCUT2D eigenvalue weighted by atomic mass is 35.5. The van der Waals surface area contributed by atoms with Gasteiger partial charge in [0.05, 0.1) is 12.2 Å². The standard InChI is InChI=1S/C20H23ClN6O3/c1-3-18-22-19(30-24-18)17-12-27(25-23-17)15-7-9-26(10-8-15)20(28)13(2)29-16-6-4-5-14(21)11-16/h4-6,11-13,15H,3,7-10H2,1-2H3/t13-/m1/s1. The van der Waals surface area contributed by atoms with Gasteiger partial charge in [0.1, 0.15) is 5.75 Å². The molecule has 0 unspecified atom stereocenters. The van der Waals surface area contributed by atoms with E-state index in [0.29, 0.717) is 47.7 Å². The van der Waals surface area contributed by atoms with E-state index >= 15 is 0 Å². The molecule has 1 aliphatic heterocycles. The molecule has 0 spiro atoms. The highest BCUT2D eigenvalue weighted by Gasteiger charge is 2.28. The lowest BCUT2D eigenvalue weighted by Gasteiger charge is -2.33. The molecule has 9 nitrogen and oxygen atoms in total. The minimum atomic E-state index is -0.580. The summed E-state index contributed by atoms with van der Waals surface area (Å²) >= 11 is 5.98. The van der Waals surface area contributed by atoms with Gasteiger partial charge in [-0.25, -0.2) is 4.68 Å². The van der Waals surface area contributed by atoms with E-state index in [-0.39, 0.29) is 11.9 Å². The van der Waals surface area contributed by atoms with Crippen LogP contribution in [0.25, 0.3) is 11.6 Å². The van der Waals surface area contributed by atoms with Gasteiger partial charge in [0.15, 0.2) is 17.6 Å². The van der Waals surface area contributed by atoms with Crippen molar-refractivity contribution in [2.75, 3.05) is 13.1 Å². The predicted molar refractivity (Wildman–Crippen MR) is 109 cm³/mol. The third-order valence-electron chi connectivity index (χ3n) is 5.12. The number of benzene rings is 1. The highest BCUT2D eigenvalue weighted by Crippen LogP contribution is 2.25. The average molecular weight is 431 g/mol. The molecule has 1 aromatic carbocycles.